The van der Waals surface area contributed by atoms with Crippen molar-refractivity contribution in [1.29, 1.82) is 0 Å². The summed E-state index contributed by atoms with van der Waals surface area (Å²) in [4.78, 5) is 25.3. The van der Waals surface area contributed by atoms with Crippen molar-refractivity contribution >= 4 is 17.5 Å². The molecule has 2 heterocycles. The number of nitrogens with zero attached hydrogens (tertiary/aromatic N) is 4. The lowest BCUT2D eigenvalue weighted by atomic mass is 10.2. The van der Waals surface area contributed by atoms with Gasteiger partial charge in [0.15, 0.2) is 5.69 Å². The molecule has 2 amide bonds. The fourth-order valence-electron chi connectivity index (χ4n) is 4.82. The van der Waals surface area contributed by atoms with E-state index in [1.54, 1.807) is 17.1 Å². The molecule has 3 aromatic rings. The van der Waals surface area contributed by atoms with E-state index in [1.807, 2.05) is 22.9 Å². The molecule has 2 aromatic heterocycles. The number of aryl methyl sites for hydroxylation is 1. The van der Waals surface area contributed by atoms with Crippen molar-refractivity contribution in [1.82, 2.24) is 24.9 Å². The number of amides is 2. The average molecular weight is 433 g/mol. The van der Waals surface area contributed by atoms with Crippen molar-refractivity contribution in [3.05, 3.63) is 59.2 Å². The summed E-state index contributed by atoms with van der Waals surface area (Å²) in [6.45, 7) is 2.19. The van der Waals surface area contributed by atoms with E-state index >= 15 is 0 Å². The van der Waals surface area contributed by atoms with Gasteiger partial charge < -0.3 is 10.6 Å². The number of fused-ring (bicyclic) bond motifs is 1. The molecule has 0 bridgehead atoms. The second-order valence-corrected chi connectivity index (χ2v) is 8.76. The number of rotatable bonds is 6. The maximum absolute atomic E-state index is 13.1. The third-order valence-corrected chi connectivity index (χ3v) is 6.41. The van der Waals surface area contributed by atoms with E-state index in [4.69, 9.17) is 0 Å². The second-order valence-electron chi connectivity index (χ2n) is 8.76. The molecule has 8 heteroatoms. The van der Waals surface area contributed by atoms with E-state index in [0.29, 0.717) is 11.4 Å². The Morgan fingerprint density at radius 2 is 1.94 bits per heavy atom. The van der Waals surface area contributed by atoms with Gasteiger partial charge in [-0.05, 0) is 50.7 Å². The summed E-state index contributed by atoms with van der Waals surface area (Å²) in [5, 5.41) is 14.9. The molecule has 2 aliphatic carbocycles. The molecular formula is C24H28N6O2. The zero-order valence-electron chi connectivity index (χ0n) is 18.3. The largest absolute Gasteiger partial charge is 0.352 e. The van der Waals surface area contributed by atoms with E-state index in [0.717, 1.165) is 54.6 Å². The van der Waals surface area contributed by atoms with E-state index in [1.165, 1.54) is 12.8 Å². The number of hydrogen-bond acceptors (Lipinski definition) is 4. The summed E-state index contributed by atoms with van der Waals surface area (Å²) in [6.07, 6.45) is 10.5. The summed E-state index contributed by atoms with van der Waals surface area (Å²) in [5.74, 6) is -0.293. The Labute approximate surface area is 187 Å². The van der Waals surface area contributed by atoms with Crippen molar-refractivity contribution in [3.63, 3.8) is 0 Å². The molecule has 0 spiro atoms. The quantitative estimate of drug-likeness (QED) is 0.626. The second kappa shape index (κ2) is 8.61. The van der Waals surface area contributed by atoms with Gasteiger partial charge in [-0.1, -0.05) is 31.0 Å². The Hall–Kier alpha value is -3.42. The minimum absolute atomic E-state index is 0.0485. The number of aromatic nitrogens is 4. The molecule has 1 fully saturated rings. The molecular weight excluding hydrogens is 404 g/mol. The number of benzene rings is 1. The van der Waals surface area contributed by atoms with Crippen LogP contribution < -0.4 is 10.6 Å². The highest BCUT2D eigenvalue weighted by molar-refractivity contribution is 6.04. The van der Waals surface area contributed by atoms with Crippen LogP contribution in [-0.4, -0.2) is 37.4 Å². The zero-order chi connectivity index (χ0) is 22.1. The molecule has 2 aliphatic rings. The maximum atomic E-state index is 13.1. The lowest BCUT2D eigenvalue weighted by molar-refractivity contribution is -0.122. The van der Waals surface area contributed by atoms with Crippen molar-refractivity contribution in [2.24, 2.45) is 0 Å². The van der Waals surface area contributed by atoms with Crippen molar-refractivity contribution in [2.45, 2.75) is 64.5 Å². The van der Waals surface area contributed by atoms with Gasteiger partial charge in [-0.2, -0.15) is 10.2 Å². The van der Waals surface area contributed by atoms with Gasteiger partial charge in [0.05, 0.1) is 17.6 Å². The van der Waals surface area contributed by atoms with E-state index < -0.39 is 0 Å². The van der Waals surface area contributed by atoms with Gasteiger partial charge in [0, 0.05) is 23.5 Å². The topological polar surface area (TPSA) is 93.8 Å². The van der Waals surface area contributed by atoms with E-state index in [9.17, 15) is 9.59 Å². The monoisotopic (exact) mass is 432 g/mol. The van der Waals surface area contributed by atoms with Crippen molar-refractivity contribution in [2.75, 3.05) is 5.32 Å². The summed E-state index contributed by atoms with van der Waals surface area (Å²) in [5.41, 5.74) is 5.28. The molecule has 0 aliphatic heterocycles. The smallest absolute Gasteiger partial charge is 0.276 e. The normalized spacial score (nSPS) is 15.7. The van der Waals surface area contributed by atoms with E-state index in [2.05, 4.69) is 33.8 Å². The molecule has 8 nitrogen and oxygen atoms in total. The number of carbonyl (C=O) groups is 2. The predicted molar refractivity (Wildman–Crippen MR) is 121 cm³/mol. The van der Waals surface area contributed by atoms with Gasteiger partial charge in [0.25, 0.3) is 5.91 Å². The molecule has 32 heavy (non-hydrogen) atoms. The molecule has 1 saturated carbocycles. The first-order valence-electron chi connectivity index (χ1n) is 11.4. The molecule has 166 valence electrons. The van der Waals surface area contributed by atoms with Crippen LogP contribution in [0, 0.1) is 6.92 Å². The SMILES string of the molecule is Cc1ccccc1-n1nc(C(=O)Nc2cnn(CC(=O)NC3CCCC3)c2)c2c1CCC2. The van der Waals surface area contributed by atoms with Crippen LogP contribution in [0.5, 0.6) is 0 Å². The highest BCUT2D eigenvalue weighted by atomic mass is 16.2. The van der Waals surface area contributed by atoms with Crippen LogP contribution >= 0.6 is 0 Å². The maximum Gasteiger partial charge on any atom is 0.276 e. The Kier molecular flexibility index (Phi) is 5.51. The number of carbonyl (C=O) groups excluding carboxylic acids is 2. The fourth-order valence-corrected chi connectivity index (χ4v) is 4.82. The van der Waals surface area contributed by atoms with Gasteiger partial charge in [-0.25, -0.2) is 4.68 Å². The predicted octanol–water partition coefficient (Wildman–Crippen LogP) is 3.18. The van der Waals surface area contributed by atoms with Crippen LogP contribution in [-0.2, 0) is 24.2 Å². The molecule has 1 aromatic carbocycles. The van der Waals surface area contributed by atoms with Crippen molar-refractivity contribution in [3.8, 4) is 5.69 Å². The van der Waals surface area contributed by atoms with Gasteiger partial charge in [-0.3, -0.25) is 14.3 Å². The Morgan fingerprint density at radius 1 is 1.12 bits per heavy atom. The molecule has 0 atom stereocenters. The van der Waals surface area contributed by atoms with Crippen LogP contribution in [0.2, 0.25) is 0 Å². The van der Waals surface area contributed by atoms with Crippen LogP contribution in [0.15, 0.2) is 36.7 Å². The zero-order valence-corrected chi connectivity index (χ0v) is 18.3. The Bertz CT molecular complexity index is 1160. The molecule has 0 radical (unpaired) electrons. The third kappa shape index (κ3) is 4.04. The summed E-state index contributed by atoms with van der Waals surface area (Å²) in [7, 11) is 0. The fraction of sp³-hybridized carbons (Fsp3) is 0.417. The first-order chi connectivity index (χ1) is 15.6. The van der Waals surface area contributed by atoms with Gasteiger partial charge in [0.1, 0.15) is 6.54 Å². The lowest BCUT2D eigenvalue weighted by Gasteiger charge is -2.11. The van der Waals surface area contributed by atoms with Crippen LogP contribution in [0.25, 0.3) is 5.69 Å². The minimum Gasteiger partial charge on any atom is -0.352 e. The Morgan fingerprint density at radius 3 is 2.75 bits per heavy atom. The first-order valence-corrected chi connectivity index (χ1v) is 11.4. The summed E-state index contributed by atoms with van der Waals surface area (Å²) in [6, 6.07) is 8.35. The van der Waals surface area contributed by atoms with Crippen molar-refractivity contribution < 1.29 is 9.59 Å². The number of nitrogens with one attached hydrogen (secondary N) is 2. The van der Waals surface area contributed by atoms with E-state index in [-0.39, 0.29) is 24.4 Å². The summed E-state index contributed by atoms with van der Waals surface area (Å²) >= 11 is 0. The average Bonchev–Trinajstić information content (AvgIpc) is 3.54. The van der Waals surface area contributed by atoms with Crippen LogP contribution in [0.4, 0.5) is 5.69 Å². The molecule has 5 rings (SSSR count). The minimum atomic E-state index is -0.245. The molecule has 0 saturated heterocycles. The Balaban J connectivity index is 1.29. The highest BCUT2D eigenvalue weighted by Crippen LogP contribution is 2.29. The highest BCUT2D eigenvalue weighted by Gasteiger charge is 2.27. The molecule has 0 unspecified atom stereocenters. The molecule has 2 N–H and O–H groups in total. The number of para-hydroxylation sites is 1. The standard InChI is InChI=1S/C24H28N6O2/c1-16-7-2-5-11-20(16)30-21-12-6-10-19(21)23(28-30)24(32)27-18-13-25-29(14-18)15-22(31)26-17-8-3-4-9-17/h2,5,7,11,13-14,17H,3-4,6,8-10,12,15H2,1H3,(H,26,31)(H,27,32). The first kappa shape index (κ1) is 20.5. The van der Waals surface area contributed by atoms with Gasteiger partial charge in [0.2, 0.25) is 5.91 Å². The van der Waals surface area contributed by atoms with Gasteiger partial charge >= 0.3 is 0 Å². The number of anilines is 1. The van der Waals surface area contributed by atoms with Gasteiger partial charge in [-0.15, -0.1) is 0 Å². The third-order valence-electron chi connectivity index (χ3n) is 6.41. The number of hydrogen-bond donors (Lipinski definition) is 2. The summed E-state index contributed by atoms with van der Waals surface area (Å²) < 4.78 is 3.47. The van der Waals surface area contributed by atoms with Crippen LogP contribution in [0.3, 0.4) is 0 Å². The van der Waals surface area contributed by atoms with Crippen LogP contribution in [0.1, 0.15) is 59.4 Å². The lowest BCUT2D eigenvalue weighted by Crippen LogP contribution is -2.35.